The minimum absolute atomic E-state index is 0.483. The molecular formula is C60H35N3S2. The number of benzene rings is 9. The van der Waals surface area contributed by atoms with Gasteiger partial charge in [-0.1, -0.05) is 188 Å². The van der Waals surface area contributed by atoms with Gasteiger partial charge in [-0.25, -0.2) is 15.0 Å². The zero-order valence-electron chi connectivity index (χ0n) is 34.9. The van der Waals surface area contributed by atoms with Crippen LogP contribution in [0.15, 0.2) is 222 Å². The van der Waals surface area contributed by atoms with Crippen LogP contribution in [0.3, 0.4) is 0 Å². The van der Waals surface area contributed by atoms with Crippen LogP contribution >= 0.6 is 23.1 Å². The molecule has 9 aromatic carbocycles. The zero-order chi connectivity index (χ0) is 42.6. The molecule has 3 nitrogen and oxygen atoms in total. The maximum atomic E-state index is 5.59. The van der Waals surface area contributed by atoms with Crippen molar-refractivity contribution in [1.29, 1.82) is 0 Å². The number of rotatable bonds is 4. The Morgan fingerprint density at radius 1 is 0.354 bits per heavy atom. The lowest BCUT2D eigenvalue weighted by Gasteiger charge is -2.40. The van der Waals surface area contributed by atoms with Crippen LogP contribution < -0.4 is 0 Å². The van der Waals surface area contributed by atoms with Crippen molar-refractivity contribution < 1.29 is 0 Å². The van der Waals surface area contributed by atoms with E-state index in [0.29, 0.717) is 5.82 Å². The van der Waals surface area contributed by atoms with E-state index in [-0.39, 0.29) is 0 Å². The molecule has 302 valence electrons. The lowest BCUT2D eigenvalue weighted by atomic mass is 9.67. The van der Waals surface area contributed by atoms with Crippen molar-refractivity contribution in [2.24, 2.45) is 0 Å². The minimum Gasteiger partial charge on any atom is -0.247 e. The third kappa shape index (κ3) is 5.40. The molecule has 12 aromatic rings. The molecule has 0 saturated carbocycles. The van der Waals surface area contributed by atoms with Gasteiger partial charge in [0.2, 0.25) is 0 Å². The fourth-order valence-corrected chi connectivity index (χ4v) is 13.2. The van der Waals surface area contributed by atoms with Gasteiger partial charge in [-0.05, 0) is 75.2 Å². The largest absolute Gasteiger partial charge is 0.247 e. The number of thiophene rings is 1. The topological polar surface area (TPSA) is 38.7 Å². The van der Waals surface area contributed by atoms with Gasteiger partial charge in [0.15, 0.2) is 5.82 Å². The van der Waals surface area contributed by atoms with Gasteiger partial charge in [0.1, 0.15) is 0 Å². The van der Waals surface area contributed by atoms with Gasteiger partial charge >= 0.3 is 0 Å². The Morgan fingerprint density at radius 3 is 1.80 bits per heavy atom. The lowest BCUT2D eigenvalue weighted by molar-refractivity contribution is 0.724. The molecule has 0 atom stereocenters. The van der Waals surface area contributed by atoms with E-state index in [9.17, 15) is 0 Å². The minimum atomic E-state index is -0.483. The lowest BCUT2D eigenvalue weighted by Crippen LogP contribution is -2.32. The summed E-state index contributed by atoms with van der Waals surface area (Å²) in [5.41, 5.74) is 15.2. The fraction of sp³-hybridized carbons (Fsp3) is 0.0167. The number of hydrogen-bond donors (Lipinski definition) is 0. The van der Waals surface area contributed by atoms with Crippen molar-refractivity contribution in [2.75, 3.05) is 0 Å². The van der Waals surface area contributed by atoms with Crippen LogP contribution in [0.1, 0.15) is 22.3 Å². The van der Waals surface area contributed by atoms with Gasteiger partial charge in [0.05, 0.1) is 28.0 Å². The van der Waals surface area contributed by atoms with E-state index in [1.165, 1.54) is 68.7 Å². The quantitative estimate of drug-likeness (QED) is 0.165. The Morgan fingerprint density at radius 2 is 1.00 bits per heavy atom. The highest BCUT2D eigenvalue weighted by molar-refractivity contribution is 7.99. The Hall–Kier alpha value is -7.70. The molecule has 14 rings (SSSR count). The van der Waals surface area contributed by atoms with Crippen LogP contribution in [0, 0.1) is 0 Å². The van der Waals surface area contributed by atoms with Crippen molar-refractivity contribution in [3.63, 3.8) is 0 Å². The number of nitrogens with zero attached hydrogens (tertiary/aromatic N) is 3. The maximum Gasteiger partial charge on any atom is 0.160 e. The number of aromatic nitrogens is 3. The van der Waals surface area contributed by atoms with Gasteiger partial charge in [0, 0.05) is 63.0 Å². The summed E-state index contributed by atoms with van der Waals surface area (Å²) in [4.78, 5) is 18.7. The molecule has 0 radical (unpaired) electrons. The third-order valence-electron chi connectivity index (χ3n) is 13.5. The molecule has 0 unspecified atom stereocenters. The van der Waals surface area contributed by atoms with E-state index in [1.807, 2.05) is 29.2 Å². The van der Waals surface area contributed by atoms with Gasteiger partial charge in [-0.15, -0.1) is 11.3 Å². The monoisotopic (exact) mass is 861 g/mol. The van der Waals surface area contributed by atoms with Crippen LogP contribution in [0.5, 0.6) is 0 Å². The van der Waals surface area contributed by atoms with Crippen molar-refractivity contribution in [3.05, 3.63) is 235 Å². The summed E-state index contributed by atoms with van der Waals surface area (Å²) in [6.45, 7) is 0. The standard InChI is InChI=1S/C60H35N3S2/c1-3-16-36(17-4-1)57-46-34-56-50(60(49-27-12-14-29-55(49)64-56)47-25-10-7-20-39(47)40-21-8-11-26-48(40)60)33-45(46)41-31-30-38(32-52(41)61-57)51-35-53(63-59(62-51)37-18-5-2-6-19-37)44-24-15-23-43-42-22-9-13-28-54(42)65-58(43)44/h1-35H. The Balaban J connectivity index is 1.03. The average molecular weight is 862 g/mol. The first-order valence-electron chi connectivity index (χ1n) is 22.0. The van der Waals surface area contributed by atoms with E-state index < -0.39 is 5.41 Å². The predicted molar refractivity (Wildman–Crippen MR) is 271 cm³/mol. The summed E-state index contributed by atoms with van der Waals surface area (Å²) in [5.74, 6) is 0.694. The number of fused-ring (bicyclic) bond motifs is 15. The van der Waals surface area contributed by atoms with E-state index in [0.717, 1.165) is 55.6 Å². The van der Waals surface area contributed by atoms with Crippen LogP contribution in [-0.2, 0) is 5.41 Å². The highest BCUT2D eigenvalue weighted by atomic mass is 32.2. The van der Waals surface area contributed by atoms with Gasteiger partial charge in [-0.2, -0.15) is 0 Å². The third-order valence-corrected chi connectivity index (χ3v) is 15.9. The average Bonchev–Trinajstić information content (AvgIpc) is 3.90. The molecule has 2 aliphatic rings. The first-order chi connectivity index (χ1) is 32.2. The second-order valence-electron chi connectivity index (χ2n) is 17.0. The van der Waals surface area contributed by atoms with Crippen LogP contribution in [0.25, 0.3) is 98.1 Å². The summed E-state index contributed by atoms with van der Waals surface area (Å²) in [6, 6.07) is 77.1. The maximum absolute atomic E-state index is 5.59. The van der Waals surface area contributed by atoms with E-state index in [4.69, 9.17) is 15.0 Å². The van der Waals surface area contributed by atoms with Crippen LogP contribution in [0.4, 0.5) is 0 Å². The Labute approximate surface area is 383 Å². The molecule has 65 heavy (non-hydrogen) atoms. The molecule has 0 amide bonds. The molecular weight excluding hydrogens is 827 g/mol. The number of pyridine rings is 1. The molecule has 1 aliphatic heterocycles. The molecule has 0 fully saturated rings. The van der Waals surface area contributed by atoms with Gasteiger partial charge in [0.25, 0.3) is 0 Å². The van der Waals surface area contributed by atoms with Crippen LogP contribution in [0.2, 0.25) is 0 Å². The number of hydrogen-bond acceptors (Lipinski definition) is 5. The highest BCUT2D eigenvalue weighted by Crippen LogP contribution is 2.63. The van der Waals surface area contributed by atoms with Crippen LogP contribution in [-0.4, -0.2) is 15.0 Å². The first kappa shape index (κ1) is 36.8. The van der Waals surface area contributed by atoms with Crippen molar-refractivity contribution in [2.45, 2.75) is 15.2 Å². The van der Waals surface area contributed by atoms with Crippen molar-refractivity contribution in [3.8, 4) is 56.3 Å². The summed E-state index contributed by atoms with van der Waals surface area (Å²) in [5, 5.41) is 5.95. The Kier molecular flexibility index (Phi) is 8.00. The Bertz CT molecular complexity index is 3890. The van der Waals surface area contributed by atoms with E-state index in [2.05, 4.69) is 206 Å². The second kappa shape index (κ2) is 14.2. The summed E-state index contributed by atoms with van der Waals surface area (Å²) >= 11 is 3.70. The van der Waals surface area contributed by atoms with Gasteiger partial charge < -0.3 is 0 Å². The molecule has 5 heteroatoms. The first-order valence-corrected chi connectivity index (χ1v) is 23.6. The predicted octanol–water partition coefficient (Wildman–Crippen LogP) is 16.0. The highest BCUT2D eigenvalue weighted by Gasteiger charge is 2.50. The SMILES string of the molecule is c1ccc(-c2nc(-c3ccc4c(c3)nc(-c3ccccc3)c3cc5c(cc34)C3(c4ccccc4S5)c4ccccc4-c4ccccc43)cc(-c3cccc4c3sc3ccccc34)n2)cc1. The zero-order valence-corrected chi connectivity index (χ0v) is 36.5. The fourth-order valence-electron chi connectivity index (χ4n) is 10.7. The van der Waals surface area contributed by atoms with E-state index in [1.54, 1.807) is 0 Å². The molecule has 4 heterocycles. The molecule has 0 N–H and O–H groups in total. The van der Waals surface area contributed by atoms with Crippen molar-refractivity contribution >= 4 is 64.9 Å². The smallest absolute Gasteiger partial charge is 0.160 e. The molecule has 1 aliphatic carbocycles. The summed E-state index contributed by atoms with van der Waals surface area (Å²) < 4.78 is 2.50. The molecule has 0 saturated heterocycles. The normalized spacial score (nSPS) is 13.3. The second-order valence-corrected chi connectivity index (χ2v) is 19.1. The molecule has 1 spiro atoms. The van der Waals surface area contributed by atoms with Gasteiger partial charge in [-0.3, -0.25) is 0 Å². The van der Waals surface area contributed by atoms with Crippen molar-refractivity contribution in [1.82, 2.24) is 15.0 Å². The summed E-state index contributed by atoms with van der Waals surface area (Å²) in [6.07, 6.45) is 0. The summed E-state index contributed by atoms with van der Waals surface area (Å²) in [7, 11) is 0. The molecule has 0 bridgehead atoms. The van der Waals surface area contributed by atoms with E-state index >= 15 is 0 Å². The molecule has 3 aromatic heterocycles.